The molecule has 2 rings (SSSR count). The molecule has 0 bridgehead atoms. The van der Waals surface area contributed by atoms with Crippen LogP contribution in [0.15, 0.2) is 6.07 Å². The van der Waals surface area contributed by atoms with Gasteiger partial charge in [-0.1, -0.05) is 40.0 Å². The van der Waals surface area contributed by atoms with E-state index in [2.05, 4.69) is 20.8 Å². The average molecular weight is 407 g/mol. The summed E-state index contributed by atoms with van der Waals surface area (Å²) >= 11 is 0. The Hall–Kier alpha value is -1.91. The van der Waals surface area contributed by atoms with Crippen LogP contribution in [0.1, 0.15) is 96.1 Å². The van der Waals surface area contributed by atoms with Gasteiger partial charge in [0.25, 0.3) is 6.47 Å². The second-order valence-electron chi connectivity index (χ2n) is 9.81. The number of phenolic OH excluding ortho intramolecular Hbond substituents is 3. The fourth-order valence-corrected chi connectivity index (χ4v) is 3.93. The smallest absolute Gasteiger partial charge is 0.293 e. The number of carbonyl (C=O) groups excluding carboxylic acids is 1. The van der Waals surface area contributed by atoms with Gasteiger partial charge in [-0.05, 0) is 74.8 Å². The van der Waals surface area contributed by atoms with Gasteiger partial charge in [0.2, 0.25) is 0 Å². The third-order valence-corrected chi connectivity index (χ3v) is 5.97. The summed E-state index contributed by atoms with van der Waals surface area (Å²) in [5, 5.41) is 30.9. The van der Waals surface area contributed by atoms with Crippen LogP contribution in [0.2, 0.25) is 0 Å². The first kappa shape index (κ1) is 23.4. The highest BCUT2D eigenvalue weighted by Gasteiger charge is 2.44. The minimum atomic E-state index is -0.251. The second-order valence-corrected chi connectivity index (χ2v) is 9.81. The second kappa shape index (κ2) is 10.2. The topological polar surface area (TPSA) is 87.0 Å². The van der Waals surface area contributed by atoms with Crippen LogP contribution in [0.25, 0.3) is 0 Å². The van der Waals surface area contributed by atoms with E-state index < -0.39 is 0 Å². The molecule has 0 spiro atoms. The monoisotopic (exact) mass is 406 g/mol. The minimum Gasteiger partial charge on any atom is -0.507 e. The molecule has 5 nitrogen and oxygen atoms in total. The molecule has 1 aromatic carbocycles. The summed E-state index contributed by atoms with van der Waals surface area (Å²) in [7, 11) is 0. The van der Waals surface area contributed by atoms with Gasteiger partial charge in [0, 0.05) is 5.56 Å². The summed E-state index contributed by atoms with van der Waals surface area (Å²) in [6, 6.07) is 1.46. The van der Waals surface area contributed by atoms with E-state index in [9.17, 15) is 20.1 Å². The highest BCUT2D eigenvalue weighted by molar-refractivity contribution is 5.56. The molecule has 1 aromatic rings. The summed E-state index contributed by atoms with van der Waals surface area (Å²) in [5.74, 6) is -0.249. The lowest BCUT2D eigenvalue weighted by Crippen LogP contribution is -2.12. The summed E-state index contributed by atoms with van der Waals surface area (Å²) in [6.45, 7) is 7.28. The molecular formula is C24H38O5. The molecular weight excluding hydrogens is 368 g/mol. The molecule has 1 fully saturated rings. The fourth-order valence-electron chi connectivity index (χ4n) is 3.93. The van der Waals surface area contributed by atoms with Gasteiger partial charge in [-0.15, -0.1) is 0 Å². The SMILES string of the molecule is CC(C)(C)CCCCCCc1c(O)c(O)cc(CCCCC2(OC=O)CC2)c1O. The molecule has 0 amide bonds. The number of unbranched alkanes of at least 4 members (excludes halogenated alkanes) is 4. The van der Waals surface area contributed by atoms with Crippen LogP contribution in [0.3, 0.4) is 0 Å². The van der Waals surface area contributed by atoms with Crippen molar-refractivity contribution in [3.05, 3.63) is 17.2 Å². The molecule has 1 saturated carbocycles. The molecule has 164 valence electrons. The van der Waals surface area contributed by atoms with Gasteiger partial charge in [-0.25, -0.2) is 0 Å². The van der Waals surface area contributed by atoms with E-state index in [0.717, 1.165) is 51.4 Å². The van der Waals surface area contributed by atoms with Crippen molar-refractivity contribution in [2.24, 2.45) is 5.41 Å². The fraction of sp³-hybridized carbons (Fsp3) is 0.708. The Bertz CT molecular complexity index is 671. The summed E-state index contributed by atoms with van der Waals surface area (Å²) in [5.41, 5.74) is 1.23. The lowest BCUT2D eigenvalue weighted by molar-refractivity contribution is -0.135. The van der Waals surface area contributed by atoms with Crippen molar-refractivity contribution in [2.45, 2.75) is 103 Å². The Morgan fingerprint density at radius 3 is 2.24 bits per heavy atom. The van der Waals surface area contributed by atoms with Crippen LogP contribution >= 0.6 is 0 Å². The maximum Gasteiger partial charge on any atom is 0.293 e. The first-order valence-corrected chi connectivity index (χ1v) is 11.0. The minimum absolute atomic E-state index is 0.111. The Kier molecular flexibility index (Phi) is 8.23. The molecule has 0 aliphatic heterocycles. The molecule has 0 aromatic heterocycles. The number of aromatic hydroxyl groups is 3. The third-order valence-electron chi connectivity index (χ3n) is 5.97. The Morgan fingerprint density at radius 2 is 1.62 bits per heavy atom. The number of hydrogen-bond donors (Lipinski definition) is 3. The number of phenols is 3. The van der Waals surface area contributed by atoms with E-state index in [-0.39, 0.29) is 22.8 Å². The van der Waals surface area contributed by atoms with Crippen LogP contribution in [0.4, 0.5) is 0 Å². The predicted octanol–water partition coefficient (Wildman–Crippen LogP) is 5.76. The maximum absolute atomic E-state index is 10.6. The van der Waals surface area contributed by atoms with Crippen LogP contribution < -0.4 is 0 Å². The molecule has 1 aliphatic rings. The Labute approximate surface area is 175 Å². The standard InChI is InChI=1S/C24H38O5/c1-23(2,3)12-8-5-4-6-11-19-21(27)18(16-20(26)22(19)28)10-7-9-13-24(14-15-24)29-17-25/h16-17,26-28H,4-15H2,1-3H3. The van der Waals surface area contributed by atoms with Crippen molar-refractivity contribution in [3.63, 3.8) is 0 Å². The quantitative estimate of drug-likeness (QED) is 0.168. The first-order valence-electron chi connectivity index (χ1n) is 11.0. The summed E-state index contributed by atoms with van der Waals surface area (Å²) in [6.07, 6.45) is 11.0. The molecule has 0 atom stereocenters. The van der Waals surface area contributed by atoms with Gasteiger partial charge in [0.05, 0.1) is 0 Å². The van der Waals surface area contributed by atoms with Gasteiger partial charge >= 0.3 is 0 Å². The van der Waals surface area contributed by atoms with E-state index >= 15 is 0 Å². The number of hydrogen-bond acceptors (Lipinski definition) is 5. The highest BCUT2D eigenvalue weighted by atomic mass is 16.5. The Balaban J connectivity index is 1.82. The van der Waals surface area contributed by atoms with E-state index in [0.29, 0.717) is 35.9 Å². The molecule has 0 saturated heterocycles. The van der Waals surface area contributed by atoms with Gasteiger partial charge in [-0.3, -0.25) is 4.79 Å². The van der Waals surface area contributed by atoms with Crippen molar-refractivity contribution in [3.8, 4) is 17.2 Å². The largest absolute Gasteiger partial charge is 0.507 e. The number of rotatable bonds is 13. The van der Waals surface area contributed by atoms with Crippen molar-refractivity contribution in [2.75, 3.05) is 0 Å². The zero-order valence-corrected chi connectivity index (χ0v) is 18.3. The summed E-state index contributed by atoms with van der Waals surface area (Å²) in [4.78, 5) is 10.5. The van der Waals surface area contributed by atoms with Crippen molar-refractivity contribution in [1.82, 2.24) is 0 Å². The molecule has 0 radical (unpaired) electrons. The van der Waals surface area contributed by atoms with Gasteiger partial charge in [-0.2, -0.15) is 0 Å². The van der Waals surface area contributed by atoms with Gasteiger partial charge in [0.1, 0.15) is 11.4 Å². The molecule has 1 aliphatic carbocycles. The van der Waals surface area contributed by atoms with Gasteiger partial charge < -0.3 is 20.1 Å². The zero-order valence-electron chi connectivity index (χ0n) is 18.3. The average Bonchev–Trinajstić information content (AvgIpc) is 3.40. The third kappa shape index (κ3) is 7.45. The van der Waals surface area contributed by atoms with Crippen molar-refractivity contribution >= 4 is 6.47 Å². The van der Waals surface area contributed by atoms with E-state index in [1.165, 1.54) is 18.9 Å². The lowest BCUT2D eigenvalue weighted by Gasteiger charge is -2.17. The van der Waals surface area contributed by atoms with Crippen molar-refractivity contribution < 1.29 is 24.9 Å². The summed E-state index contributed by atoms with van der Waals surface area (Å²) < 4.78 is 5.16. The van der Waals surface area contributed by atoms with Gasteiger partial charge in [0.15, 0.2) is 11.5 Å². The first-order chi connectivity index (χ1) is 13.7. The number of aryl methyl sites for hydroxylation is 1. The predicted molar refractivity (Wildman–Crippen MR) is 114 cm³/mol. The van der Waals surface area contributed by atoms with Crippen LogP contribution in [-0.2, 0) is 22.4 Å². The number of benzene rings is 1. The van der Waals surface area contributed by atoms with E-state index in [4.69, 9.17) is 4.74 Å². The normalized spacial score (nSPS) is 15.3. The van der Waals surface area contributed by atoms with Crippen LogP contribution in [0, 0.1) is 5.41 Å². The molecule has 0 heterocycles. The van der Waals surface area contributed by atoms with E-state index in [1.54, 1.807) is 0 Å². The van der Waals surface area contributed by atoms with Crippen LogP contribution in [-0.4, -0.2) is 27.4 Å². The van der Waals surface area contributed by atoms with Crippen molar-refractivity contribution in [1.29, 1.82) is 0 Å². The molecule has 3 N–H and O–H groups in total. The molecule has 5 heteroatoms. The van der Waals surface area contributed by atoms with E-state index in [1.807, 2.05) is 0 Å². The number of ether oxygens (including phenoxy) is 1. The van der Waals surface area contributed by atoms with Crippen LogP contribution in [0.5, 0.6) is 17.2 Å². The number of carbonyl (C=O) groups is 1. The molecule has 29 heavy (non-hydrogen) atoms. The highest BCUT2D eigenvalue weighted by Crippen LogP contribution is 2.44. The lowest BCUT2D eigenvalue weighted by atomic mass is 9.89. The zero-order chi connectivity index (χ0) is 21.5. The maximum atomic E-state index is 10.6. The Morgan fingerprint density at radius 1 is 0.966 bits per heavy atom. The molecule has 0 unspecified atom stereocenters.